The predicted molar refractivity (Wildman–Crippen MR) is 148 cm³/mol. The van der Waals surface area contributed by atoms with E-state index in [0.29, 0.717) is 11.1 Å². The summed E-state index contributed by atoms with van der Waals surface area (Å²) in [6.07, 6.45) is 2.64. The molecule has 8 nitrogen and oxygen atoms in total. The zero-order chi connectivity index (χ0) is 27.2. The first-order valence-corrected chi connectivity index (χ1v) is 13.7. The summed E-state index contributed by atoms with van der Waals surface area (Å²) in [5.74, 6) is -1.94. The molecule has 2 aromatic rings. The minimum atomic E-state index is -1.82. The number of hydrogen-bond acceptors (Lipinski definition) is 6. The number of benzene rings is 2. The van der Waals surface area contributed by atoms with Gasteiger partial charge in [-0.25, -0.2) is 9.59 Å². The molecule has 2 spiro atoms. The highest BCUT2D eigenvalue weighted by Gasteiger charge is 2.52. The van der Waals surface area contributed by atoms with Gasteiger partial charge in [0, 0.05) is 50.3 Å². The first-order valence-electron chi connectivity index (χ1n) is 13.7. The molecule has 0 amide bonds. The molecule has 206 valence electrons. The smallest absolute Gasteiger partial charge is 0.414 e. The van der Waals surface area contributed by atoms with Gasteiger partial charge in [-0.15, -0.1) is 0 Å². The van der Waals surface area contributed by atoms with Crippen molar-refractivity contribution in [1.29, 1.82) is 0 Å². The van der Waals surface area contributed by atoms with E-state index in [9.17, 15) is 0 Å². The van der Waals surface area contributed by atoms with Gasteiger partial charge < -0.3 is 20.8 Å². The number of nitrogens with one attached hydrogen (secondary N) is 2. The Morgan fingerprint density at radius 2 is 1.11 bits per heavy atom. The van der Waals surface area contributed by atoms with Gasteiger partial charge in [-0.2, -0.15) is 0 Å². The molecule has 0 aromatic heterocycles. The van der Waals surface area contributed by atoms with E-state index < -0.39 is 11.9 Å². The summed E-state index contributed by atoms with van der Waals surface area (Å²) in [7, 11) is 0. The van der Waals surface area contributed by atoms with E-state index in [1.807, 2.05) is 0 Å². The van der Waals surface area contributed by atoms with Crippen LogP contribution in [0.5, 0.6) is 0 Å². The highest BCUT2D eigenvalue weighted by atomic mass is 16.4. The molecule has 4 aliphatic heterocycles. The third kappa shape index (κ3) is 6.10. The van der Waals surface area contributed by atoms with E-state index in [2.05, 4.69) is 94.9 Å². The first-order chi connectivity index (χ1) is 18.3. The van der Waals surface area contributed by atoms with Crippen molar-refractivity contribution in [1.82, 2.24) is 20.4 Å². The summed E-state index contributed by atoms with van der Waals surface area (Å²) < 4.78 is 0. The molecule has 4 saturated heterocycles. The predicted octanol–water partition coefficient (Wildman–Crippen LogP) is 2.90. The van der Waals surface area contributed by atoms with Crippen LogP contribution >= 0.6 is 0 Å². The quantitative estimate of drug-likeness (QED) is 0.455. The number of carboxylic acid groups (broad SMARTS) is 2. The van der Waals surface area contributed by atoms with Gasteiger partial charge in [0.05, 0.1) is 0 Å². The Morgan fingerprint density at radius 3 is 1.37 bits per heavy atom. The number of rotatable bonds is 4. The lowest BCUT2D eigenvalue weighted by molar-refractivity contribution is -0.159. The molecular weight excluding hydrogens is 480 g/mol. The van der Waals surface area contributed by atoms with Crippen LogP contribution in [0, 0.1) is 11.8 Å². The van der Waals surface area contributed by atoms with Gasteiger partial charge in [-0.3, -0.25) is 9.80 Å². The first kappa shape index (κ1) is 28.2. The van der Waals surface area contributed by atoms with Crippen LogP contribution in [-0.2, 0) is 22.7 Å². The molecule has 0 saturated carbocycles. The fraction of sp³-hybridized carbons (Fsp3) is 0.533. The van der Waals surface area contributed by atoms with Gasteiger partial charge in [0.1, 0.15) is 0 Å². The molecule has 2 aromatic carbocycles. The molecule has 6 rings (SSSR count). The van der Waals surface area contributed by atoms with Crippen molar-refractivity contribution in [3.8, 4) is 0 Å². The Morgan fingerprint density at radius 1 is 0.737 bits per heavy atom. The molecule has 38 heavy (non-hydrogen) atoms. The maximum atomic E-state index is 9.10. The van der Waals surface area contributed by atoms with E-state index in [1.54, 1.807) is 0 Å². The van der Waals surface area contributed by atoms with Crippen molar-refractivity contribution in [2.75, 3.05) is 39.3 Å². The van der Waals surface area contributed by atoms with Crippen LogP contribution in [0.1, 0.15) is 37.8 Å². The fourth-order valence-electron chi connectivity index (χ4n) is 6.59. The van der Waals surface area contributed by atoms with Crippen molar-refractivity contribution < 1.29 is 19.8 Å². The molecule has 4 atom stereocenters. The lowest BCUT2D eigenvalue weighted by Gasteiger charge is -2.56. The summed E-state index contributed by atoms with van der Waals surface area (Å²) in [4.78, 5) is 23.5. The Bertz CT molecular complexity index is 967. The Hall–Kier alpha value is -2.78. The molecule has 0 aliphatic carbocycles. The topological polar surface area (TPSA) is 105 Å². The molecule has 4 fully saturated rings. The third-order valence-corrected chi connectivity index (χ3v) is 9.03. The van der Waals surface area contributed by atoms with Crippen molar-refractivity contribution in [2.24, 2.45) is 11.8 Å². The van der Waals surface area contributed by atoms with Crippen LogP contribution in [0.25, 0.3) is 0 Å². The van der Waals surface area contributed by atoms with Crippen molar-refractivity contribution in [3.05, 3.63) is 71.8 Å². The van der Waals surface area contributed by atoms with Gasteiger partial charge in [0.25, 0.3) is 0 Å². The van der Waals surface area contributed by atoms with E-state index >= 15 is 0 Å². The summed E-state index contributed by atoms with van der Waals surface area (Å²) in [5.41, 5.74) is 3.83. The number of hydrogen-bond donors (Lipinski definition) is 4. The Labute approximate surface area is 226 Å². The molecule has 0 radical (unpaired) electrons. The lowest BCUT2D eigenvalue weighted by Crippen LogP contribution is -2.66. The lowest BCUT2D eigenvalue weighted by atomic mass is 9.74. The maximum absolute atomic E-state index is 9.10. The molecule has 8 heteroatoms. The summed E-state index contributed by atoms with van der Waals surface area (Å²) in [6.45, 7) is 14.3. The summed E-state index contributed by atoms with van der Waals surface area (Å²) in [6, 6.07) is 21.7. The monoisotopic (exact) mass is 522 g/mol. The summed E-state index contributed by atoms with van der Waals surface area (Å²) in [5, 5.41) is 21.8. The van der Waals surface area contributed by atoms with Crippen LogP contribution in [0.4, 0.5) is 0 Å². The zero-order valence-corrected chi connectivity index (χ0v) is 22.6. The van der Waals surface area contributed by atoms with Crippen molar-refractivity contribution >= 4 is 11.9 Å². The highest BCUT2D eigenvalue weighted by Crippen LogP contribution is 2.42. The Kier molecular flexibility index (Phi) is 9.20. The van der Waals surface area contributed by atoms with Gasteiger partial charge in [-0.05, 0) is 48.9 Å². The second kappa shape index (κ2) is 12.4. The van der Waals surface area contributed by atoms with Crippen LogP contribution in [0.15, 0.2) is 60.7 Å². The second-order valence-corrected chi connectivity index (χ2v) is 11.2. The SMILES string of the molecule is C[C@H]1CN(Cc2ccccc2)[C@]12CCNC2.C[C@H]1CN(Cc2ccccc2)[C@]12CCNC2.O=C(O)C(=O)O. The Balaban J connectivity index is 0.000000147. The van der Waals surface area contributed by atoms with Gasteiger partial charge >= 0.3 is 11.9 Å². The van der Waals surface area contributed by atoms with E-state index in [1.165, 1.54) is 63.2 Å². The molecular formula is C30H42N4O4. The highest BCUT2D eigenvalue weighted by molar-refractivity contribution is 6.27. The van der Waals surface area contributed by atoms with E-state index in [-0.39, 0.29) is 0 Å². The number of likely N-dealkylation sites (tertiary alicyclic amines) is 2. The zero-order valence-electron chi connectivity index (χ0n) is 22.6. The van der Waals surface area contributed by atoms with E-state index in [4.69, 9.17) is 19.8 Å². The van der Waals surface area contributed by atoms with Crippen molar-refractivity contribution in [3.63, 3.8) is 0 Å². The van der Waals surface area contributed by atoms with Crippen LogP contribution < -0.4 is 10.6 Å². The fourth-order valence-corrected chi connectivity index (χ4v) is 6.59. The number of carbonyl (C=O) groups is 2. The number of aliphatic carboxylic acids is 2. The molecule has 4 N–H and O–H groups in total. The van der Waals surface area contributed by atoms with Gasteiger partial charge in [0.2, 0.25) is 0 Å². The minimum absolute atomic E-state index is 0.468. The molecule has 4 heterocycles. The molecule has 4 aliphatic rings. The van der Waals surface area contributed by atoms with Gasteiger partial charge in [0.15, 0.2) is 0 Å². The largest absolute Gasteiger partial charge is 0.473 e. The average Bonchev–Trinajstić information content (AvgIpc) is 3.64. The molecule has 0 unspecified atom stereocenters. The minimum Gasteiger partial charge on any atom is -0.473 e. The number of carboxylic acids is 2. The van der Waals surface area contributed by atoms with Crippen LogP contribution in [0.2, 0.25) is 0 Å². The van der Waals surface area contributed by atoms with Crippen molar-refractivity contribution in [2.45, 2.75) is 50.9 Å². The number of nitrogens with zero attached hydrogens (tertiary/aromatic N) is 2. The van der Waals surface area contributed by atoms with E-state index in [0.717, 1.165) is 24.9 Å². The second-order valence-electron chi connectivity index (χ2n) is 11.2. The third-order valence-electron chi connectivity index (χ3n) is 9.03. The van der Waals surface area contributed by atoms with Gasteiger partial charge in [-0.1, -0.05) is 74.5 Å². The standard InChI is InChI=1S/2C14H20N2.C2H2O4/c2*1-12-9-16(14(12)7-8-15-11-14)10-13-5-3-2-4-6-13;3-1(4)2(5)6/h2*2-6,12,15H,7-11H2,1H3;(H,3,4)(H,5,6)/t2*12-,14-;/m00./s1. The normalized spacial score (nSPS) is 29.9. The van der Waals surface area contributed by atoms with Crippen LogP contribution in [-0.4, -0.2) is 82.3 Å². The molecule has 0 bridgehead atoms. The maximum Gasteiger partial charge on any atom is 0.414 e. The van der Waals surface area contributed by atoms with Crippen LogP contribution in [0.3, 0.4) is 0 Å². The average molecular weight is 523 g/mol. The summed E-state index contributed by atoms with van der Waals surface area (Å²) >= 11 is 0.